The summed E-state index contributed by atoms with van der Waals surface area (Å²) in [5, 5.41) is 8.44. The number of hydrogen-bond acceptors (Lipinski definition) is 3. The number of nitrogens with zero attached hydrogens (tertiary/aromatic N) is 1. The first-order chi connectivity index (χ1) is 8.27. The highest BCUT2D eigenvalue weighted by molar-refractivity contribution is 5.66. The smallest absolute Gasteiger partial charge is 0.303 e. The third-order valence-electron chi connectivity index (χ3n) is 2.73. The molecule has 0 aliphatic carbocycles. The summed E-state index contributed by atoms with van der Waals surface area (Å²) < 4.78 is 0. The van der Waals surface area contributed by atoms with E-state index in [1.807, 2.05) is 0 Å². The number of carbonyl (C=O) groups excluding carboxylic acids is 1. The lowest BCUT2D eigenvalue weighted by atomic mass is 10.1. The van der Waals surface area contributed by atoms with Crippen molar-refractivity contribution < 1.29 is 14.7 Å². The van der Waals surface area contributed by atoms with Gasteiger partial charge in [0.05, 0.1) is 6.54 Å². The number of rotatable bonds is 12. The van der Waals surface area contributed by atoms with E-state index in [0.717, 1.165) is 32.1 Å². The lowest BCUT2D eigenvalue weighted by molar-refractivity contribution is -0.137. The number of isocyanates is 1. The first-order valence-corrected chi connectivity index (χ1v) is 6.53. The van der Waals surface area contributed by atoms with Crippen LogP contribution in [0.15, 0.2) is 4.99 Å². The van der Waals surface area contributed by atoms with Gasteiger partial charge in [-0.3, -0.25) is 4.79 Å². The van der Waals surface area contributed by atoms with Gasteiger partial charge in [-0.1, -0.05) is 44.9 Å². The maximum absolute atomic E-state index is 10.2. The number of aliphatic imine (C=N–C) groups is 1. The van der Waals surface area contributed by atoms with E-state index in [9.17, 15) is 9.59 Å². The molecule has 4 nitrogen and oxygen atoms in total. The molecule has 0 amide bonds. The Hall–Kier alpha value is -1.15. The minimum Gasteiger partial charge on any atom is -0.481 e. The van der Waals surface area contributed by atoms with Crippen LogP contribution in [0.1, 0.15) is 64.2 Å². The zero-order valence-electron chi connectivity index (χ0n) is 10.5. The van der Waals surface area contributed by atoms with Gasteiger partial charge in [-0.15, -0.1) is 0 Å². The van der Waals surface area contributed by atoms with Gasteiger partial charge in [-0.05, 0) is 12.8 Å². The molecule has 0 aliphatic heterocycles. The van der Waals surface area contributed by atoms with Crippen LogP contribution in [0.5, 0.6) is 0 Å². The van der Waals surface area contributed by atoms with E-state index in [1.54, 1.807) is 0 Å². The van der Waals surface area contributed by atoms with Gasteiger partial charge in [0.25, 0.3) is 0 Å². The molecule has 0 spiro atoms. The molecule has 17 heavy (non-hydrogen) atoms. The van der Waals surface area contributed by atoms with Gasteiger partial charge in [0.2, 0.25) is 6.08 Å². The molecule has 0 aromatic carbocycles. The largest absolute Gasteiger partial charge is 0.481 e. The van der Waals surface area contributed by atoms with Crippen LogP contribution in [-0.4, -0.2) is 23.7 Å². The Balaban J connectivity index is 2.98. The Bertz CT molecular complexity index is 225. The van der Waals surface area contributed by atoms with Crippen LogP contribution in [0, 0.1) is 0 Å². The zero-order chi connectivity index (χ0) is 12.8. The average molecular weight is 241 g/mol. The molecule has 0 aliphatic rings. The molecule has 0 heterocycles. The topological polar surface area (TPSA) is 66.7 Å². The summed E-state index contributed by atoms with van der Waals surface area (Å²) in [5.41, 5.74) is 0. The predicted molar refractivity (Wildman–Crippen MR) is 66.8 cm³/mol. The molecule has 4 heteroatoms. The van der Waals surface area contributed by atoms with Crippen molar-refractivity contribution in [1.29, 1.82) is 0 Å². The van der Waals surface area contributed by atoms with E-state index in [2.05, 4.69) is 4.99 Å². The normalized spacial score (nSPS) is 9.88. The fourth-order valence-electron chi connectivity index (χ4n) is 1.75. The Morgan fingerprint density at radius 1 is 0.882 bits per heavy atom. The highest BCUT2D eigenvalue weighted by atomic mass is 16.4. The summed E-state index contributed by atoms with van der Waals surface area (Å²) in [6.45, 7) is 0.610. The molecule has 0 atom stereocenters. The zero-order valence-corrected chi connectivity index (χ0v) is 10.5. The van der Waals surface area contributed by atoms with E-state index in [4.69, 9.17) is 5.11 Å². The standard InChI is InChI=1S/C13H23NO3/c15-12-14-11-9-7-5-3-1-2-4-6-8-10-13(16)17/h1-11H2,(H,16,17). The van der Waals surface area contributed by atoms with E-state index in [1.165, 1.54) is 31.8 Å². The summed E-state index contributed by atoms with van der Waals surface area (Å²) in [4.78, 5) is 23.5. The Labute approximate surface area is 103 Å². The van der Waals surface area contributed by atoms with Crippen LogP contribution in [0.3, 0.4) is 0 Å². The minimum absolute atomic E-state index is 0.303. The van der Waals surface area contributed by atoms with Crippen LogP contribution < -0.4 is 0 Å². The number of carbonyl (C=O) groups is 1. The summed E-state index contributed by atoms with van der Waals surface area (Å²) in [6, 6.07) is 0. The second-order valence-corrected chi connectivity index (χ2v) is 4.30. The Morgan fingerprint density at radius 3 is 1.82 bits per heavy atom. The average Bonchev–Trinajstić information content (AvgIpc) is 2.30. The molecular formula is C13H23NO3. The second kappa shape index (κ2) is 12.9. The number of unbranched alkanes of at least 4 members (excludes halogenated alkanes) is 8. The maximum Gasteiger partial charge on any atom is 0.303 e. The summed E-state index contributed by atoms with van der Waals surface area (Å²) in [5.74, 6) is -0.692. The number of carboxylic acids is 1. The third kappa shape index (κ3) is 14.8. The number of carboxylic acid groups (broad SMARTS) is 1. The second-order valence-electron chi connectivity index (χ2n) is 4.30. The first kappa shape index (κ1) is 15.9. The third-order valence-corrected chi connectivity index (χ3v) is 2.73. The van der Waals surface area contributed by atoms with E-state index < -0.39 is 5.97 Å². The predicted octanol–water partition coefficient (Wildman–Crippen LogP) is 3.31. The molecule has 0 rings (SSSR count). The molecule has 0 unspecified atom stereocenters. The van der Waals surface area contributed by atoms with E-state index >= 15 is 0 Å². The molecule has 0 bridgehead atoms. The van der Waals surface area contributed by atoms with E-state index in [-0.39, 0.29) is 0 Å². The Kier molecular flexibility index (Phi) is 12.0. The molecule has 0 saturated heterocycles. The summed E-state index contributed by atoms with van der Waals surface area (Å²) >= 11 is 0. The maximum atomic E-state index is 10.2. The van der Waals surface area contributed by atoms with Crippen LogP contribution in [0.4, 0.5) is 0 Å². The molecule has 98 valence electrons. The van der Waals surface area contributed by atoms with Gasteiger partial charge in [0.15, 0.2) is 0 Å². The minimum atomic E-state index is -0.692. The van der Waals surface area contributed by atoms with Crippen LogP contribution in [0.2, 0.25) is 0 Å². The van der Waals surface area contributed by atoms with Crippen molar-refractivity contribution in [3.63, 3.8) is 0 Å². The fraction of sp³-hybridized carbons (Fsp3) is 0.846. The molecule has 0 aromatic rings. The van der Waals surface area contributed by atoms with Crippen molar-refractivity contribution in [2.45, 2.75) is 64.2 Å². The van der Waals surface area contributed by atoms with Gasteiger partial charge in [0, 0.05) is 6.42 Å². The van der Waals surface area contributed by atoms with Gasteiger partial charge >= 0.3 is 5.97 Å². The van der Waals surface area contributed by atoms with Crippen molar-refractivity contribution in [2.24, 2.45) is 4.99 Å². The quantitative estimate of drug-likeness (QED) is 0.324. The van der Waals surface area contributed by atoms with Crippen molar-refractivity contribution in [1.82, 2.24) is 0 Å². The summed E-state index contributed by atoms with van der Waals surface area (Å²) in [7, 11) is 0. The molecule has 0 radical (unpaired) electrons. The number of aliphatic carboxylic acids is 1. The first-order valence-electron chi connectivity index (χ1n) is 6.53. The van der Waals surface area contributed by atoms with E-state index in [0.29, 0.717) is 13.0 Å². The van der Waals surface area contributed by atoms with Crippen LogP contribution in [-0.2, 0) is 9.59 Å². The monoisotopic (exact) mass is 241 g/mol. The van der Waals surface area contributed by atoms with Gasteiger partial charge in [-0.25, -0.2) is 9.79 Å². The summed E-state index contributed by atoms with van der Waals surface area (Å²) in [6.07, 6.45) is 11.8. The van der Waals surface area contributed by atoms with Gasteiger partial charge < -0.3 is 5.11 Å². The van der Waals surface area contributed by atoms with Crippen LogP contribution >= 0.6 is 0 Å². The molecule has 1 N–H and O–H groups in total. The molecule has 0 fully saturated rings. The lowest BCUT2D eigenvalue weighted by Gasteiger charge is -2.00. The molecule has 0 saturated carbocycles. The van der Waals surface area contributed by atoms with Crippen LogP contribution in [0.25, 0.3) is 0 Å². The number of hydrogen-bond donors (Lipinski definition) is 1. The lowest BCUT2D eigenvalue weighted by Crippen LogP contribution is -1.93. The fourth-order valence-corrected chi connectivity index (χ4v) is 1.75. The Morgan fingerprint density at radius 2 is 1.35 bits per heavy atom. The molecular weight excluding hydrogens is 218 g/mol. The van der Waals surface area contributed by atoms with Crippen molar-refractivity contribution in [3.05, 3.63) is 0 Å². The molecule has 0 aromatic heterocycles. The van der Waals surface area contributed by atoms with Gasteiger partial charge in [0.1, 0.15) is 0 Å². The highest BCUT2D eigenvalue weighted by Gasteiger charge is 1.96. The van der Waals surface area contributed by atoms with Crippen molar-refractivity contribution in [2.75, 3.05) is 6.54 Å². The van der Waals surface area contributed by atoms with Crippen molar-refractivity contribution in [3.8, 4) is 0 Å². The highest BCUT2D eigenvalue weighted by Crippen LogP contribution is 2.10. The van der Waals surface area contributed by atoms with Crippen molar-refractivity contribution >= 4 is 12.0 Å². The SMILES string of the molecule is O=C=NCCCCCCCCCCCC(=O)O. The van der Waals surface area contributed by atoms with Gasteiger partial charge in [-0.2, -0.15) is 0 Å².